The fourth-order valence-electron chi connectivity index (χ4n) is 1.89. The van der Waals surface area contributed by atoms with Crippen molar-refractivity contribution in [1.29, 1.82) is 0 Å². The first-order chi connectivity index (χ1) is 10.3. The molecule has 1 N–H and O–H groups in total. The summed E-state index contributed by atoms with van der Waals surface area (Å²) in [6, 6.07) is 7.87. The number of anilines is 1. The zero-order chi connectivity index (χ0) is 16.6. The molecule has 1 rings (SSSR count). The predicted octanol–water partition coefficient (Wildman–Crippen LogP) is 4.47. The van der Waals surface area contributed by atoms with Crippen LogP contribution in [0.25, 0.3) is 0 Å². The van der Waals surface area contributed by atoms with E-state index >= 15 is 0 Å². The van der Waals surface area contributed by atoms with Gasteiger partial charge in [0.05, 0.1) is 0 Å². The molecule has 124 valence electrons. The normalized spacial score (nSPS) is 11.5. The van der Waals surface area contributed by atoms with Gasteiger partial charge in [0.15, 0.2) is 0 Å². The Balaban J connectivity index is 2.41. The van der Waals surface area contributed by atoms with E-state index in [9.17, 15) is 4.79 Å². The van der Waals surface area contributed by atoms with Crippen LogP contribution in [0.4, 0.5) is 10.5 Å². The zero-order valence-electron chi connectivity index (χ0n) is 14.3. The molecular weight excluding hydrogens is 296 g/mol. The molecule has 22 heavy (non-hydrogen) atoms. The summed E-state index contributed by atoms with van der Waals surface area (Å²) in [6.45, 7) is 13.2. The van der Waals surface area contributed by atoms with Crippen molar-refractivity contribution in [1.82, 2.24) is 4.90 Å². The summed E-state index contributed by atoms with van der Waals surface area (Å²) in [6.07, 6.45) is -0.422. The highest BCUT2D eigenvalue weighted by Gasteiger charge is 2.16. The lowest BCUT2D eigenvalue weighted by Gasteiger charge is -2.19. The number of rotatable bonds is 7. The number of thioether (sulfide) groups is 1. The first kappa shape index (κ1) is 18.8. The van der Waals surface area contributed by atoms with E-state index in [1.54, 1.807) is 0 Å². The van der Waals surface area contributed by atoms with Gasteiger partial charge in [-0.3, -0.25) is 5.32 Å². The van der Waals surface area contributed by atoms with Crippen LogP contribution in [0, 0.1) is 0 Å². The van der Waals surface area contributed by atoms with Crippen LogP contribution in [0.5, 0.6) is 0 Å². The van der Waals surface area contributed by atoms with E-state index in [0.717, 1.165) is 31.1 Å². The van der Waals surface area contributed by atoms with Crippen molar-refractivity contribution in [3.05, 3.63) is 24.3 Å². The van der Waals surface area contributed by atoms with Crippen molar-refractivity contribution in [2.24, 2.45) is 0 Å². The van der Waals surface area contributed by atoms with Crippen molar-refractivity contribution >= 4 is 23.5 Å². The van der Waals surface area contributed by atoms with Gasteiger partial charge >= 0.3 is 6.09 Å². The van der Waals surface area contributed by atoms with Crippen LogP contribution in [0.3, 0.4) is 0 Å². The minimum atomic E-state index is -0.482. The molecule has 0 saturated carbocycles. The molecule has 0 radical (unpaired) electrons. The van der Waals surface area contributed by atoms with Crippen LogP contribution in [-0.4, -0.2) is 42.0 Å². The minimum absolute atomic E-state index is 0.422. The van der Waals surface area contributed by atoms with E-state index in [4.69, 9.17) is 4.74 Å². The van der Waals surface area contributed by atoms with Crippen molar-refractivity contribution < 1.29 is 9.53 Å². The number of carbonyl (C=O) groups is 1. The highest BCUT2D eigenvalue weighted by Crippen LogP contribution is 2.21. The smallest absolute Gasteiger partial charge is 0.412 e. The summed E-state index contributed by atoms with van der Waals surface area (Å²) in [7, 11) is 0. The minimum Gasteiger partial charge on any atom is -0.444 e. The Morgan fingerprint density at radius 1 is 1.18 bits per heavy atom. The van der Waals surface area contributed by atoms with Gasteiger partial charge in [-0.25, -0.2) is 4.79 Å². The molecule has 0 unspecified atom stereocenters. The standard InChI is InChI=1S/C17H28N2O2S/c1-6-19(7-2)12-13-22-15-10-8-14(9-11-15)18-16(20)21-17(3,4)5/h8-11H,6-7,12-13H2,1-5H3,(H,18,20). The molecule has 0 bridgehead atoms. The van der Waals surface area contributed by atoms with Crippen LogP contribution in [0.2, 0.25) is 0 Å². The fraction of sp³-hybridized carbons (Fsp3) is 0.588. The monoisotopic (exact) mass is 324 g/mol. The van der Waals surface area contributed by atoms with Gasteiger partial charge in [-0.1, -0.05) is 13.8 Å². The molecule has 0 aliphatic rings. The Morgan fingerprint density at radius 3 is 2.27 bits per heavy atom. The molecule has 0 spiro atoms. The number of carbonyl (C=O) groups excluding carboxylic acids is 1. The van der Waals surface area contributed by atoms with Crippen LogP contribution < -0.4 is 5.32 Å². The Labute approximate surface area is 138 Å². The Kier molecular flexibility index (Phi) is 7.76. The Morgan fingerprint density at radius 2 is 1.77 bits per heavy atom. The molecule has 4 nitrogen and oxygen atoms in total. The number of benzene rings is 1. The van der Waals surface area contributed by atoms with Crippen LogP contribution >= 0.6 is 11.8 Å². The van der Waals surface area contributed by atoms with Gasteiger partial charge in [-0.15, -0.1) is 11.8 Å². The van der Waals surface area contributed by atoms with E-state index in [1.165, 1.54) is 4.90 Å². The first-order valence-corrected chi connectivity index (χ1v) is 8.78. The summed E-state index contributed by atoms with van der Waals surface area (Å²) in [5.41, 5.74) is 0.270. The molecule has 1 aromatic carbocycles. The van der Waals surface area contributed by atoms with Crippen LogP contribution in [0.15, 0.2) is 29.2 Å². The van der Waals surface area contributed by atoms with Crippen LogP contribution in [-0.2, 0) is 4.74 Å². The largest absolute Gasteiger partial charge is 0.444 e. The molecule has 0 aliphatic carbocycles. The summed E-state index contributed by atoms with van der Waals surface area (Å²) in [5, 5.41) is 2.74. The molecule has 1 amide bonds. The lowest BCUT2D eigenvalue weighted by Crippen LogP contribution is -2.27. The summed E-state index contributed by atoms with van der Waals surface area (Å²) < 4.78 is 5.23. The maximum absolute atomic E-state index is 11.7. The zero-order valence-corrected chi connectivity index (χ0v) is 15.1. The van der Waals surface area contributed by atoms with E-state index < -0.39 is 11.7 Å². The third kappa shape index (κ3) is 7.71. The number of nitrogens with zero attached hydrogens (tertiary/aromatic N) is 1. The van der Waals surface area contributed by atoms with Crippen molar-refractivity contribution in [2.75, 3.05) is 30.7 Å². The molecule has 0 atom stereocenters. The van der Waals surface area contributed by atoms with Crippen molar-refractivity contribution in [2.45, 2.75) is 45.1 Å². The Hall–Kier alpha value is -1.20. The van der Waals surface area contributed by atoms with Crippen molar-refractivity contribution in [3.63, 3.8) is 0 Å². The second-order valence-corrected chi connectivity index (χ2v) is 7.19. The van der Waals surface area contributed by atoms with Gasteiger partial charge in [0.1, 0.15) is 5.60 Å². The average Bonchev–Trinajstić information content (AvgIpc) is 2.43. The average molecular weight is 324 g/mol. The highest BCUT2D eigenvalue weighted by molar-refractivity contribution is 7.99. The van der Waals surface area contributed by atoms with E-state index in [0.29, 0.717) is 0 Å². The van der Waals surface area contributed by atoms with Gasteiger partial charge in [0.2, 0.25) is 0 Å². The van der Waals surface area contributed by atoms with Gasteiger partial charge in [0, 0.05) is 22.9 Å². The van der Waals surface area contributed by atoms with Gasteiger partial charge in [0.25, 0.3) is 0 Å². The third-order valence-corrected chi connectivity index (χ3v) is 4.06. The fourth-order valence-corrected chi connectivity index (χ4v) is 2.80. The molecule has 1 aromatic rings. The van der Waals surface area contributed by atoms with Crippen molar-refractivity contribution in [3.8, 4) is 0 Å². The molecular formula is C17H28N2O2S. The highest BCUT2D eigenvalue weighted by atomic mass is 32.2. The number of amides is 1. The second kappa shape index (κ2) is 9.06. The lowest BCUT2D eigenvalue weighted by atomic mass is 10.2. The van der Waals surface area contributed by atoms with E-state index in [-0.39, 0.29) is 0 Å². The number of ether oxygens (including phenoxy) is 1. The summed E-state index contributed by atoms with van der Waals surface area (Å²) >= 11 is 1.83. The van der Waals surface area contributed by atoms with Gasteiger partial charge in [-0.2, -0.15) is 0 Å². The number of hydrogen-bond donors (Lipinski definition) is 1. The molecule has 0 heterocycles. The van der Waals surface area contributed by atoms with E-state index in [1.807, 2.05) is 56.8 Å². The molecule has 0 aliphatic heterocycles. The lowest BCUT2D eigenvalue weighted by molar-refractivity contribution is 0.0636. The quantitative estimate of drug-likeness (QED) is 0.752. The molecule has 0 aromatic heterocycles. The molecule has 5 heteroatoms. The Bertz CT molecular complexity index is 451. The van der Waals surface area contributed by atoms with Gasteiger partial charge < -0.3 is 9.64 Å². The maximum Gasteiger partial charge on any atom is 0.412 e. The summed E-state index contributed by atoms with van der Waals surface area (Å²) in [5.74, 6) is 1.07. The first-order valence-electron chi connectivity index (χ1n) is 7.79. The number of nitrogens with one attached hydrogen (secondary N) is 1. The van der Waals surface area contributed by atoms with E-state index in [2.05, 4.69) is 24.1 Å². The van der Waals surface area contributed by atoms with Crippen LogP contribution in [0.1, 0.15) is 34.6 Å². The second-order valence-electron chi connectivity index (χ2n) is 6.03. The SMILES string of the molecule is CCN(CC)CCSc1ccc(NC(=O)OC(C)(C)C)cc1. The third-order valence-electron chi connectivity index (χ3n) is 3.07. The molecule has 0 fully saturated rings. The predicted molar refractivity (Wildman–Crippen MR) is 94.8 cm³/mol. The maximum atomic E-state index is 11.7. The van der Waals surface area contributed by atoms with Gasteiger partial charge in [-0.05, 0) is 58.1 Å². The number of hydrogen-bond acceptors (Lipinski definition) is 4. The summed E-state index contributed by atoms with van der Waals surface area (Å²) in [4.78, 5) is 15.3. The topological polar surface area (TPSA) is 41.6 Å². The molecule has 0 saturated heterocycles.